The van der Waals surface area contributed by atoms with Crippen LogP contribution in [0.5, 0.6) is 0 Å². The number of carbonyl (C=O) groups excluding carboxylic acids is 1. The fourth-order valence-corrected chi connectivity index (χ4v) is 5.30. The first-order valence-corrected chi connectivity index (χ1v) is 11.1. The van der Waals surface area contributed by atoms with Gasteiger partial charge in [-0.1, -0.05) is 35.9 Å². The van der Waals surface area contributed by atoms with Gasteiger partial charge in [-0.05, 0) is 47.4 Å². The highest BCUT2D eigenvalue weighted by atomic mass is 35.5. The van der Waals surface area contributed by atoms with Crippen LogP contribution in [0, 0.1) is 5.41 Å². The lowest BCUT2D eigenvalue weighted by molar-refractivity contribution is -0.136. The van der Waals surface area contributed by atoms with Crippen molar-refractivity contribution in [2.75, 3.05) is 19.6 Å². The third-order valence-corrected chi connectivity index (χ3v) is 6.91. The highest BCUT2D eigenvalue weighted by Gasteiger charge is 2.56. The average Bonchev–Trinajstić information content (AvgIpc) is 3.32. The molecular weight excluding hydrogens is 408 g/mol. The molecule has 3 aromatic rings. The fourth-order valence-electron chi connectivity index (χ4n) is 5.17. The molecule has 1 amide bonds. The molecule has 0 N–H and O–H groups in total. The van der Waals surface area contributed by atoms with Crippen molar-refractivity contribution in [1.29, 1.82) is 0 Å². The standard InChI is InChI=1S/C25H25ClN4O/c26-22-7-5-19(6-8-22)15-29-17-23(21-4-2-11-28-14-21)25(18-29)9-12-30(24(25)31)16-20-3-1-10-27-13-20/h1-8,10-11,13-14,23H,9,12,15-18H2/t23-,25-/m0/s1. The Morgan fingerprint density at radius 3 is 2.45 bits per heavy atom. The van der Waals surface area contributed by atoms with E-state index in [1.165, 1.54) is 5.56 Å². The Morgan fingerprint density at radius 1 is 0.968 bits per heavy atom. The van der Waals surface area contributed by atoms with Crippen LogP contribution >= 0.6 is 11.6 Å². The molecule has 6 heteroatoms. The Bertz CT molecular complexity index is 1040. The Kier molecular flexibility index (Phi) is 5.47. The summed E-state index contributed by atoms with van der Waals surface area (Å²) in [6.45, 7) is 3.81. The van der Waals surface area contributed by atoms with Crippen molar-refractivity contribution in [2.45, 2.75) is 25.4 Å². The molecule has 5 nitrogen and oxygen atoms in total. The number of hydrogen-bond acceptors (Lipinski definition) is 4. The second-order valence-electron chi connectivity index (χ2n) is 8.63. The minimum Gasteiger partial charge on any atom is -0.338 e. The summed E-state index contributed by atoms with van der Waals surface area (Å²) in [4.78, 5) is 26.8. The number of carbonyl (C=O) groups is 1. The number of hydrogen-bond donors (Lipinski definition) is 0. The fraction of sp³-hybridized carbons (Fsp3) is 0.320. The Balaban J connectivity index is 1.41. The van der Waals surface area contributed by atoms with Crippen LogP contribution in [-0.2, 0) is 17.9 Å². The van der Waals surface area contributed by atoms with Crippen LogP contribution in [-0.4, -0.2) is 45.3 Å². The van der Waals surface area contributed by atoms with Gasteiger partial charge in [0.15, 0.2) is 0 Å². The molecule has 0 saturated carbocycles. The van der Waals surface area contributed by atoms with E-state index in [1.54, 1.807) is 12.4 Å². The lowest BCUT2D eigenvalue weighted by atomic mass is 9.73. The molecule has 158 valence electrons. The predicted octanol–water partition coefficient (Wildman–Crippen LogP) is 4.15. The minimum absolute atomic E-state index is 0.139. The van der Waals surface area contributed by atoms with E-state index < -0.39 is 5.41 Å². The van der Waals surface area contributed by atoms with Gasteiger partial charge in [-0.2, -0.15) is 0 Å². The van der Waals surface area contributed by atoms with Crippen LogP contribution in [0.3, 0.4) is 0 Å². The number of pyridine rings is 2. The molecule has 1 spiro atoms. The SMILES string of the molecule is O=C1N(Cc2cccnc2)CC[C@@]12CN(Cc1ccc(Cl)cc1)C[C@H]2c1cccnc1. The van der Waals surface area contributed by atoms with Gasteiger partial charge in [0.1, 0.15) is 0 Å². The van der Waals surface area contributed by atoms with Gasteiger partial charge in [-0.3, -0.25) is 19.7 Å². The number of aromatic nitrogens is 2. The average molecular weight is 433 g/mol. The summed E-state index contributed by atoms with van der Waals surface area (Å²) in [6, 6.07) is 16.0. The summed E-state index contributed by atoms with van der Waals surface area (Å²) in [7, 11) is 0. The van der Waals surface area contributed by atoms with E-state index in [9.17, 15) is 4.79 Å². The van der Waals surface area contributed by atoms with Crippen molar-refractivity contribution in [1.82, 2.24) is 19.8 Å². The number of halogens is 1. The molecule has 2 fully saturated rings. The third-order valence-electron chi connectivity index (χ3n) is 6.66. The summed E-state index contributed by atoms with van der Waals surface area (Å²) in [5, 5.41) is 0.742. The van der Waals surface area contributed by atoms with E-state index in [1.807, 2.05) is 47.6 Å². The molecule has 0 bridgehead atoms. The number of likely N-dealkylation sites (tertiary alicyclic amines) is 2. The molecule has 5 rings (SSSR count). The molecule has 2 aromatic heterocycles. The maximum atomic E-state index is 13.8. The minimum atomic E-state index is -0.405. The molecule has 2 atom stereocenters. The van der Waals surface area contributed by atoms with Gasteiger partial charge in [0.2, 0.25) is 5.91 Å². The first-order valence-electron chi connectivity index (χ1n) is 10.7. The van der Waals surface area contributed by atoms with Crippen LogP contribution < -0.4 is 0 Å². The van der Waals surface area contributed by atoms with E-state index in [-0.39, 0.29) is 11.8 Å². The molecular formula is C25H25ClN4O. The van der Waals surface area contributed by atoms with E-state index in [4.69, 9.17) is 11.6 Å². The summed E-state index contributed by atoms with van der Waals surface area (Å²) in [6.07, 6.45) is 8.19. The van der Waals surface area contributed by atoms with Gasteiger partial charge in [0.05, 0.1) is 5.41 Å². The van der Waals surface area contributed by atoms with Gasteiger partial charge in [-0.15, -0.1) is 0 Å². The predicted molar refractivity (Wildman–Crippen MR) is 120 cm³/mol. The summed E-state index contributed by atoms with van der Waals surface area (Å²) < 4.78 is 0. The Morgan fingerprint density at radius 2 is 1.74 bits per heavy atom. The molecule has 31 heavy (non-hydrogen) atoms. The van der Waals surface area contributed by atoms with Crippen molar-refractivity contribution >= 4 is 17.5 Å². The van der Waals surface area contributed by atoms with Gasteiger partial charge >= 0.3 is 0 Å². The molecule has 0 unspecified atom stereocenters. The first-order chi connectivity index (χ1) is 15.1. The zero-order valence-electron chi connectivity index (χ0n) is 17.3. The van der Waals surface area contributed by atoms with Gasteiger partial charge in [-0.25, -0.2) is 0 Å². The van der Waals surface area contributed by atoms with Crippen molar-refractivity contribution < 1.29 is 4.79 Å². The molecule has 1 aromatic carbocycles. The normalized spacial score (nSPS) is 23.7. The van der Waals surface area contributed by atoms with Gasteiger partial charge in [0, 0.05) is 68.5 Å². The molecule has 4 heterocycles. The number of nitrogens with zero attached hydrogens (tertiary/aromatic N) is 4. The van der Waals surface area contributed by atoms with Crippen LogP contribution in [0.4, 0.5) is 0 Å². The summed E-state index contributed by atoms with van der Waals surface area (Å²) >= 11 is 6.06. The summed E-state index contributed by atoms with van der Waals surface area (Å²) in [5.41, 5.74) is 3.03. The highest BCUT2D eigenvalue weighted by molar-refractivity contribution is 6.30. The van der Waals surface area contributed by atoms with E-state index in [0.717, 1.165) is 48.7 Å². The topological polar surface area (TPSA) is 49.3 Å². The largest absolute Gasteiger partial charge is 0.338 e. The van der Waals surface area contributed by atoms with Gasteiger partial charge in [0.25, 0.3) is 0 Å². The van der Waals surface area contributed by atoms with E-state index in [2.05, 4.69) is 33.1 Å². The quantitative estimate of drug-likeness (QED) is 0.607. The van der Waals surface area contributed by atoms with Crippen LogP contribution in [0.15, 0.2) is 73.3 Å². The van der Waals surface area contributed by atoms with E-state index in [0.29, 0.717) is 6.54 Å². The van der Waals surface area contributed by atoms with E-state index >= 15 is 0 Å². The summed E-state index contributed by atoms with van der Waals surface area (Å²) in [5.74, 6) is 0.392. The Hall–Kier alpha value is -2.76. The first kappa shape index (κ1) is 20.2. The van der Waals surface area contributed by atoms with Crippen LogP contribution in [0.1, 0.15) is 29.0 Å². The smallest absolute Gasteiger partial charge is 0.231 e. The molecule has 0 aliphatic carbocycles. The maximum Gasteiger partial charge on any atom is 0.231 e. The second-order valence-corrected chi connectivity index (χ2v) is 9.07. The van der Waals surface area contributed by atoms with Crippen molar-refractivity contribution in [2.24, 2.45) is 5.41 Å². The molecule has 2 aliphatic rings. The van der Waals surface area contributed by atoms with Crippen LogP contribution in [0.2, 0.25) is 5.02 Å². The monoisotopic (exact) mass is 432 g/mol. The highest BCUT2D eigenvalue weighted by Crippen LogP contribution is 2.50. The molecule has 2 saturated heterocycles. The van der Waals surface area contributed by atoms with Crippen LogP contribution in [0.25, 0.3) is 0 Å². The number of amides is 1. The van der Waals surface area contributed by atoms with Crippen molar-refractivity contribution in [3.8, 4) is 0 Å². The number of rotatable bonds is 5. The molecule has 2 aliphatic heterocycles. The van der Waals surface area contributed by atoms with Crippen molar-refractivity contribution in [3.05, 3.63) is 95.0 Å². The zero-order chi connectivity index (χ0) is 21.3. The lowest BCUT2D eigenvalue weighted by Crippen LogP contribution is -2.39. The second kappa shape index (κ2) is 8.40. The maximum absolute atomic E-state index is 13.8. The van der Waals surface area contributed by atoms with Crippen molar-refractivity contribution in [3.63, 3.8) is 0 Å². The molecule has 0 radical (unpaired) electrons. The lowest BCUT2D eigenvalue weighted by Gasteiger charge is -2.29. The third kappa shape index (κ3) is 3.95. The Labute approximate surface area is 187 Å². The zero-order valence-corrected chi connectivity index (χ0v) is 18.1. The number of benzene rings is 1. The van der Waals surface area contributed by atoms with Gasteiger partial charge < -0.3 is 4.90 Å².